The van der Waals surface area contributed by atoms with E-state index in [9.17, 15) is 9.59 Å². The lowest BCUT2D eigenvalue weighted by molar-refractivity contribution is -0.121. The van der Waals surface area contributed by atoms with E-state index in [2.05, 4.69) is 16.0 Å². The molecule has 3 N–H and O–H groups in total. The predicted molar refractivity (Wildman–Crippen MR) is 60.1 cm³/mol. The topological polar surface area (TPSA) is 70.2 Å². The summed E-state index contributed by atoms with van der Waals surface area (Å²) in [4.78, 5) is 22.3. The molecule has 84 valence electrons. The van der Waals surface area contributed by atoms with E-state index in [-0.39, 0.29) is 5.91 Å². The van der Waals surface area contributed by atoms with Crippen molar-refractivity contribution in [1.29, 1.82) is 0 Å². The Balaban J connectivity index is 2.02. The number of amides is 3. The summed E-state index contributed by atoms with van der Waals surface area (Å²) in [5, 5.41) is 7.82. The largest absolute Gasteiger partial charge is 0.372 e. The standard InChI is InChI=1S/C11H13N3O2/c1-7-2-4-8(5-3-7)13-9-6-12-11(16)14-10(9)15/h2-5,9,13H,6H2,1H3,(H2,12,14,15,16). The van der Waals surface area contributed by atoms with E-state index in [0.717, 1.165) is 11.3 Å². The van der Waals surface area contributed by atoms with Crippen LogP contribution in [-0.2, 0) is 4.79 Å². The Morgan fingerprint density at radius 1 is 1.25 bits per heavy atom. The summed E-state index contributed by atoms with van der Waals surface area (Å²) in [6.07, 6.45) is 0. The Morgan fingerprint density at radius 2 is 1.94 bits per heavy atom. The van der Waals surface area contributed by atoms with Gasteiger partial charge in [0.05, 0.1) is 0 Å². The minimum atomic E-state index is -0.438. The van der Waals surface area contributed by atoms with Crippen molar-refractivity contribution in [3.05, 3.63) is 29.8 Å². The Hall–Kier alpha value is -2.04. The van der Waals surface area contributed by atoms with Crippen LogP contribution in [0, 0.1) is 6.92 Å². The summed E-state index contributed by atoms with van der Waals surface area (Å²) in [5.74, 6) is -0.302. The molecule has 16 heavy (non-hydrogen) atoms. The van der Waals surface area contributed by atoms with Crippen molar-refractivity contribution in [3.63, 3.8) is 0 Å². The zero-order chi connectivity index (χ0) is 11.5. The average Bonchev–Trinajstić information content (AvgIpc) is 2.25. The third-order valence-electron chi connectivity index (χ3n) is 2.41. The number of anilines is 1. The number of aryl methyl sites for hydroxylation is 1. The molecule has 1 aliphatic heterocycles. The quantitative estimate of drug-likeness (QED) is 0.682. The van der Waals surface area contributed by atoms with E-state index in [0.29, 0.717) is 6.54 Å². The maximum atomic E-state index is 11.4. The van der Waals surface area contributed by atoms with Crippen molar-refractivity contribution in [2.45, 2.75) is 13.0 Å². The number of urea groups is 1. The Kier molecular flexibility index (Phi) is 2.76. The fourth-order valence-corrected chi connectivity index (χ4v) is 1.50. The van der Waals surface area contributed by atoms with Gasteiger partial charge in [-0.3, -0.25) is 10.1 Å². The molecule has 0 saturated carbocycles. The molecule has 0 bridgehead atoms. The zero-order valence-electron chi connectivity index (χ0n) is 8.91. The predicted octanol–water partition coefficient (Wildman–Crippen LogP) is 0.615. The summed E-state index contributed by atoms with van der Waals surface area (Å²) >= 11 is 0. The van der Waals surface area contributed by atoms with Gasteiger partial charge >= 0.3 is 6.03 Å². The van der Waals surface area contributed by atoms with E-state index in [4.69, 9.17) is 0 Å². The van der Waals surface area contributed by atoms with Gasteiger partial charge in [0.2, 0.25) is 0 Å². The number of hydrogen-bond acceptors (Lipinski definition) is 3. The summed E-state index contributed by atoms with van der Waals surface area (Å²) < 4.78 is 0. The molecule has 0 aromatic heterocycles. The first-order valence-electron chi connectivity index (χ1n) is 5.07. The second-order valence-electron chi connectivity index (χ2n) is 3.76. The number of carbonyl (C=O) groups is 2. The molecule has 3 amide bonds. The lowest BCUT2D eigenvalue weighted by atomic mass is 10.2. The van der Waals surface area contributed by atoms with E-state index < -0.39 is 12.1 Å². The van der Waals surface area contributed by atoms with Crippen molar-refractivity contribution in [2.24, 2.45) is 0 Å². The number of nitrogens with one attached hydrogen (secondary N) is 3. The van der Waals surface area contributed by atoms with Crippen LogP contribution in [0.2, 0.25) is 0 Å². The molecule has 1 saturated heterocycles. The minimum absolute atomic E-state index is 0.302. The molecule has 1 aromatic carbocycles. The van der Waals surface area contributed by atoms with Crippen molar-refractivity contribution in [1.82, 2.24) is 10.6 Å². The molecule has 5 heteroatoms. The minimum Gasteiger partial charge on any atom is -0.372 e. The van der Waals surface area contributed by atoms with Crippen molar-refractivity contribution in [2.75, 3.05) is 11.9 Å². The van der Waals surface area contributed by atoms with Crippen LogP contribution < -0.4 is 16.0 Å². The summed E-state index contributed by atoms with van der Waals surface area (Å²) in [6.45, 7) is 2.30. The van der Waals surface area contributed by atoms with Crippen LogP contribution in [0.25, 0.3) is 0 Å². The molecule has 0 spiro atoms. The third kappa shape index (κ3) is 2.31. The Morgan fingerprint density at radius 3 is 2.56 bits per heavy atom. The number of carbonyl (C=O) groups excluding carboxylic acids is 2. The Labute approximate surface area is 93.2 Å². The highest BCUT2D eigenvalue weighted by atomic mass is 16.2. The first kappa shape index (κ1) is 10.5. The first-order chi connectivity index (χ1) is 7.65. The van der Waals surface area contributed by atoms with Crippen LogP contribution in [0.4, 0.5) is 10.5 Å². The smallest absolute Gasteiger partial charge is 0.321 e. The lowest BCUT2D eigenvalue weighted by Crippen LogP contribution is -2.57. The number of imide groups is 1. The third-order valence-corrected chi connectivity index (χ3v) is 2.41. The summed E-state index contributed by atoms with van der Waals surface area (Å²) in [6, 6.07) is 6.87. The van der Waals surface area contributed by atoms with Crippen LogP contribution >= 0.6 is 0 Å². The SMILES string of the molecule is Cc1ccc(NC2CNC(=O)NC2=O)cc1. The van der Waals surface area contributed by atoms with E-state index >= 15 is 0 Å². The molecule has 1 unspecified atom stereocenters. The van der Waals surface area contributed by atoms with Gasteiger partial charge in [-0.25, -0.2) is 4.79 Å². The van der Waals surface area contributed by atoms with Crippen LogP contribution in [0.5, 0.6) is 0 Å². The van der Waals surface area contributed by atoms with Gasteiger partial charge in [-0.05, 0) is 19.1 Å². The van der Waals surface area contributed by atoms with Crippen molar-refractivity contribution >= 4 is 17.6 Å². The molecule has 5 nitrogen and oxygen atoms in total. The average molecular weight is 219 g/mol. The molecule has 0 radical (unpaired) electrons. The molecule has 1 fully saturated rings. The van der Waals surface area contributed by atoms with Crippen LogP contribution in [0.1, 0.15) is 5.56 Å². The highest BCUT2D eigenvalue weighted by molar-refractivity contribution is 6.00. The van der Waals surface area contributed by atoms with Gasteiger partial charge in [0.25, 0.3) is 5.91 Å². The fourth-order valence-electron chi connectivity index (χ4n) is 1.50. The van der Waals surface area contributed by atoms with Gasteiger partial charge < -0.3 is 10.6 Å². The number of hydrogen-bond donors (Lipinski definition) is 3. The summed E-state index contributed by atoms with van der Waals surface area (Å²) in [5.41, 5.74) is 2.02. The number of benzene rings is 1. The van der Waals surface area contributed by atoms with Crippen molar-refractivity contribution in [3.8, 4) is 0 Å². The van der Waals surface area contributed by atoms with Gasteiger partial charge in [-0.2, -0.15) is 0 Å². The fraction of sp³-hybridized carbons (Fsp3) is 0.273. The first-order valence-corrected chi connectivity index (χ1v) is 5.07. The second kappa shape index (κ2) is 4.22. The lowest BCUT2D eigenvalue weighted by Gasteiger charge is -2.23. The van der Waals surface area contributed by atoms with Gasteiger partial charge in [0, 0.05) is 12.2 Å². The normalized spacial score (nSPS) is 19.9. The molecule has 0 aliphatic carbocycles. The van der Waals surface area contributed by atoms with E-state index in [1.54, 1.807) is 0 Å². The highest BCUT2D eigenvalue weighted by Gasteiger charge is 2.25. The summed E-state index contributed by atoms with van der Waals surface area (Å²) in [7, 11) is 0. The molecular weight excluding hydrogens is 206 g/mol. The van der Waals surface area contributed by atoms with E-state index in [1.807, 2.05) is 31.2 Å². The Bertz CT molecular complexity index is 414. The second-order valence-corrected chi connectivity index (χ2v) is 3.76. The van der Waals surface area contributed by atoms with Gasteiger partial charge in [-0.1, -0.05) is 17.7 Å². The molecule has 2 rings (SSSR count). The van der Waals surface area contributed by atoms with Crippen LogP contribution in [0.3, 0.4) is 0 Å². The zero-order valence-corrected chi connectivity index (χ0v) is 8.91. The molecule has 1 aromatic rings. The highest BCUT2D eigenvalue weighted by Crippen LogP contribution is 2.10. The molecule has 1 atom stereocenters. The van der Waals surface area contributed by atoms with Gasteiger partial charge in [0.1, 0.15) is 6.04 Å². The maximum Gasteiger partial charge on any atom is 0.321 e. The van der Waals surface area contributed by atoms with E-state index in [1.165, 1.54) is 0 Å². The van der Waals surface area contributed by atoms with Gasteiger partial charge in [-0.15, -0.1) is 0 Å². The van der Waals surface area contributed by atoms with Gasteiger partial charge in [0.15, 0.2) is 0 Å². The molecular formula is C11H13N3O2. The van der Waals surface area contributed by atoms with Crippen molar-refractivity contribution < 1.29 is 9.59 Å². The van der Waals surface area contributed by atoms with Crippen LogP contribution in [-0.4, -0.2) is 24.5 Å². The maximum absolute atomic E-state index is 11.4. The molecule has 1 heterocycles. The van der Waals surface area contributed by atoms with Crippen LogP contribution in [0.15, 0.2) is 24.3 Å². The number of rotatable bonds is 2. The monoisotopic (exact) mass is 219 g/mol. The molecule has 1 aliphatic rings.